The second-order valence-electron chi connectivity index (χ2n) is 6.46. The molecule has 0 spiro atoms. The van der Waals surface area contributed by atoms with E-state index in [9.17, 15) is 18.0 Å². The van der Waals surface area contributed by atoms with Gasteiger partial charge in [-0.15, -0.1) is 0 Å². The molecule has 1 aliphatic rings. The molecule has 9 heteroatoms. The minimum Gasteiger partial charge on any atom is -0.462 e. The van der Waals surface area contributed by atoms with Gasteiger partial charge in [-0.3, -0.25) is 4.99 Å². The second kappa shape index (κ2) is 8.20. The molecular formula is C20H16Cl2F3NO2S. The number of carbonyl (C=O) groups excluding carboxylic acids is 1. The average molecular weight is 462 g/mol. The maximum atomic E-state index is 14.1. The van der Waals surface area contributed by atoms with Crippen molar-refractivity contribution in [3.63, 3.8) is 0 Å². The lowest BCUT2D eigenvalue weighted by Gasteiger charge is -2.30. The van der Waals surface area contributed by atoms with Gasteiger partial charge in [-0.2, -0.15) is 13.2 Å². The van der Waals surface area contributed by atoms with E-state index in [4.69, 9.17) is 27.9 Å². The van der Waals surface area contributed by atoms with Gasteiger partial charge in [0.2, 0.25) is 0 Å². The predicted octanol–water partition coefficient (Wildman–Crippen LogP) is 6.43. The molecule has 0 N–H and O–H groups in total. The summed E-state index contributed by atoms with van der Waals surface area (Å²) in [5, 5.41) is 0.483. The van der Waals surface area contributed by atoms with Crippen molar-refractivity contribution in [2.45, 2.75) is 24.8 Å². The Morgan fingerprint density at radius 3 is 2.41 bits per heavy atom. The van der Waals surface area contributed by atoms with Crippen LogP contribution in [-0.4, -0.2) is 30.3 Å². The van der Waals surface area contributed by atoms with Crippen molar-refractivity contribution in [1.82, 2.24) is 0 Å². The fourth-order valence-electron chi connectivity index (χ4n) is 3.05. The summed E-state index contributed by atoms with van der Waals surface area (Å²) in [4.78, 5) is 16.1. The molecule has 3 rings (SSSR count). The number of esters is 1. The number of nitrogens with zero attached hydrogens (tertiary/aromatic N) is 1. The monoisotopic (exact) mass is 461 g/mol. The van der Waals surface area contributed by atoms with Crippen LogP contribution in [0.1, 0.15) is 34.0 Å². The van der Waals surface area contributed by atoms with E-state index in [-0.39, 0.29) is 27.3 Å². The van der Waals surface area contributed by atoms with Gasteiger partial charge < -0.3 is 4.74 Å². The van der Waals surface area contributed by atoms with Crippen LogP contribution < -0.4 is 0 Å². The van der Waals surface area contributed by atoms with Crippen LogP contribution in [0.5, 0.6) is 0 Å². The van der Waals surface area contributed by atoms with Crippen molar-refractivity contribution < 1.29 is 22.7 Å². The number of benzene rings is 2. The maximum absolute atomic E-state index is 14.1. The average Bonchev–Trinajstić information content (AvgIpc) is 3.07. The molecule has 0 aromatic heterocycles. The molecule has 1 atom stereocenters. The third-order valence-electron chi connectivity index (χ3n) is 4.47. The number of rotatable bonds is 4. The van der Waals surface area contributed by atoms with Crippen molar-refractivity contribution in [1.29, 1.82) is 0 Å². The molecule has 3 nitrogen and oxygen atoms in total. The normalized spacial score (nSPS) is 19.2. The number of alkyl halides is 3. The Bertz CT molecular complexity index is 974. The van der Waals surface area contributed by atoms with E-state index in [1.54, 1.807) is 26.0 Å². The minimum absolute atomic E-state index is 0.0499. The lowest BCUT2D eigenvalue weighted by molar-refractivity contribution is -0.158. The molecule has 154 valence electrons. The first-order chi connectivity index (χ1) is 13.6. The number of carbonyl (C=O) groups is 1. The lowest BCUT2D eigenvalue weighted by atomic mass is 9.97. The Hall–Kier alpha value is -1.70. The number of aliphatic imine (C=N–C) groups is 1. The van der Waals surface area contributed by atoms with E-state index in [1.165, 1.54) is 24.3 Å². The molecule has 1 unspecified atom stereocenters. The Morgan fingerprint density at radius 2 is 1.86 bits per heavy atom. The number of ether oxygens (including phenoxy) is 1. The molecule has 0 bridgehead atoms. The SMILES string of the molecule is CCOC(=O)c1ccc(C2=NCC(c3cc(Cl)cc(Cl)c3)(C(F)(F)F)S2)cc1C. The van der Waals surface area contributed by atoms with E-state index >= 15 is 0 Å². The second-order valence-corrected chi connectivity index (χ2v) is 8.62. The van der Waals surface area contributed by atoms with Gasteiger partial charge in [0.05, 0.1) is 23.8 Å². The van der Waals surface area contributed by atoms with Gasteiger partial charge in [-0.05, 0) is 55.3 Å². The molecule has 0 fully saturated rings. The van der Waals surface area contributed by atoms with E-state index < -0.39 is 23.4 Å². The predicted molar refractivity (Wildman–Crippen MR) is 110 cm³/mol. The molecule has 2 aromatic rings. The smallest absolute Gasteiger partial charge is 0.409 e. The molecule has 29 heavy (non-hydrogen) atoms. The topological polar surface area (TPSA) is 38.7 Å². The molecule has 0 saturated heterocycles. The Kier molecular flexibility index (Phi) is 6.22. The van der Waals surface area contributed by atoms with Crippen LogP contribution in [0.25, 0.3) is 0 Å². The van der Waals surface area contributed by atoms with Gasteiger partial charge in [0, 0.05) is 15.6 Å². The van der Waals surface area contributed by atoms with Crippen LogP contribution in [0.3, 0.4) is 0 Å². The van der Waals surface area contributed by atoms with Crippen molar-refractivity contribution >= 4 is 46.0 Å². The summed E-state index contributed by atoms with van der Waals surface area (Å²) < 4.78 is 45.1. The van der Waals surface area contributed by atoms with Crippen LogP contribution in [0, 0.1) is 6.92 Å². The first kappa shape index (κ1) is 22.0. The van der Waals surface area contributed by atoms with Gasteiger partial charge in [0.25, 0.3) is 0 Å². The number of hydrogen-bond acceptors (Lipinski definition) is 4. The largest absolute Gasteiger partial charge is 0.462 e. The Labute approximate surface area is 180 Å². The molecule has 1 heterocycles. The van der Waals surface area contributed by atoms with Crippen molar-refractivity contribution in [3.05, 3.63) is 68.7 Å². The van der Waals surface area contributed by atoms with Gasteiger partial charge in [0.15, 0.2) is 4.75 Å². The van der Waals surface area contributed by atoms with Crippen LogP contribution in [-0.2, 0) is 9.48 Å². The number of thioether (sulfide) groups is 1. The fraction of sp³-hybridized carbons (Fsp3) is 0.300. The van der Waals surface area contributed by atoms with Crippen molar-refractivity contribution in [3.8, 4) is 0 Å². The third-order valence-corrected chi connectivity index (χ3v) is 6.41. The molecule has 2 aromatic carbocycles. The summed E-state index contributed by atoms with van der Waals surface area (Å²) in [5.41, 5.74) is 1.41. The molecule has 0 aliphatic carbocycles. The van der Waals surface area contributed by atoms with Gasteiger partial charge in [-0.1, -0.05) is 41.0 Å². The molecule has 0 saturated carbocycles. The first-order valence-electron chi connectivity index (χ1n) is 8.62. The number of hydrogen-bond donors (Lipinski definition) is 0. The van der Waals surface area contributed by atoms with Gasteiger partial charge in [0.1, 0.15) is 0 Å². The number of aryl methyl sites for hydroxylation is 1. The summed E-state index contributed by atoms with van der Waals surface area (Å²) in [6.07, 6.45) is -4.59. The van der Waals surface area contributed by atoms with Crippen LogP contribution in [0.4, 0.5) is 13.2 Å². The Morgan fingerprint density at radius 1 is 1.21 bits per heavy atom. The highest BCUT2D eigenvalue weighted by Crippen LogP contribution is 2.54. The minimum atomic E-state index is -4.59. The summed E-state index contributed by atoms with van der Waals surface area (Å²) >= 11 is 12.5. The quantitative estimate of drug-likeness (QED) is 0.492. The molecule has 1 aliphatic heterocycles. The highest BCUT2D eigenvalue weighted by molar-refractivity contribution is 8.15. The van der Waals surface area contributed by atoms with E-state index in [0.29, 0.717) is 28.5 Å². The van der Waals surface area contributed by atoms with Gasteiger partial charge in [-0.25, -0.2) is 4.79 Å². The zero-order valence-corrected chi connectivity index (χ0v) is 17.8. The molecule has 0 amide bonds. The van der Waals surface area contributed by atoms with Crippen LogP contribution >= 0.6 is 35.0 Å². The standard InChI is InChI=1S/C20H16Cl2F3NO2S/c1-3-28-18(27)16-5-4-12(6-11(16)2)17-26-10-19(29-17,20(23,24)25)13-7-14(21)9-15(22)8-13/h4-9H,3,10H2,1-2H3. The van der Waals surface area contributed by atoms with Crippen molar-refractivity contribution in [2.75, 3.05) is 13.2 Å². The first-order valence-corrected chi connectivity index (χ1v) is 10.2. The fourth-order valence-corrected chi connectivity index (χ4v) is 4.76. The summed E-state index contributed by atoms with van der Waals surface area (Å²) in [5.74, 6) is -0.476. The maximum Gasteiger partial charge on any atom is 0.409 e. The summed E-state index contributed by atoms with van der Waals surface area (Å²) in [6, 6.07) is 8.66. The molecule has 0 radical (unpaired) electrons. The van der Waals surface area contributed by atoms with Crippen molar-refractivity contribution in [2.24, 2.45) is 4.99 Å². The van der Waals surface area contributed by atoms with Crippen LogP contribution in [0.2, 0.25) is 10.0 Å². The zero-order valence-electron chi connectivity index (χ0n) is 15.4. The van der Waals surface area contributed by atoms with E-state index in [2.05, 4.69) is 4.99 Å². The third kappa shape index (κ3) is 4.27. The lowest BCUT2D eigenvalue weighted by Crippen LogP contribution is -2.40. The Balaban J connectivity index is 1.97. The summed E-state index contributed by atoms with van der Waals surface area (Å²) in [6.45, 7) is 3.14. The zero-order chi connectivity index (χ0) is 21.4. The summed E-state index contributed by atoms with van der Waals surface area (Å²) in [7, 11) is 0. The highest BCUT2D eigenvalue weighted by Gasteiger charge is 2.59. The molecular weight excluding hydrogens is 446 g/mol. The van der Waals surface area contributed by atoms with Gasteiger partial charge >= 0.3 is 12.1 Å². The van der Waals surface area contributed by atoms with Crippen LogP contribution in [0.15, 0.2) is 41.4 Å². The van der Waals surface area contributed by atoms with E-state index in [0.717, 1.165) is 0 Å². The highest BCUT2D eigenvalue weighted by atomic mass is 35.5. The van der Waals surface area contributed by atoms with E-state index in [1.807, 2.05) is 0 Å². The number of halogens is 5.